The number of nitrogens with one attached hydrogen (secondary N) is 2. The predicted octanol–water partition coefficient (Wildman–Crippen LogP) is 3.33. The molecule has 0 unspecified atom stereocenters. The molecule has 1 amide bonds. The Bertz CT molecular complexity index is 1100. The largest absolute Gasteiger partial charge is 0.390 e. The molecule has 10 heteroatoms. The molecular formula is C27H40ClN5O4. The van der Waals surface area contributed by atoms with E-state index in [1.54, 1.807) is 31.3 Å². The molecule has 0 spiro atoms. The number of unbranched alkanes of at least 4 members (excludes halogenated alkanes) is 1. The third kappa shape index (κ3) is 10.3. The van der Waals surface area contributed by atoms with Crippen molar-refractivity contribution in [1.29, 1.82) is 0 Å². The fourth-order valence-corrected chi connectivity index (χ4v) is 4.12. The van der Waals surface area contributed by atoms with Gasteiger partial charge in [-0.1, -0.05) is 23.7 Å². The summed E-state index contributed by atoms with van der Waals surface area (Å²) in [5.41, 5.74) is -0.159. The fourth-order valence-electron chi connectivity index (χ4n) is 3.93. The molecule has 3 rings (SSSR count). The lowest BCUT2D eigenvalue weighted by molar-refractivity contribution is -0.123. The van der Waals surface area contributed by atoms with E-state index in [0.29, 0.717) is 28.5 Å². The van der Waals surface area contributed by atoms with E-state index in [4.69, 9.17) is 11.6 Å². The molecule has 2 heterocycles. The number of halogens is 1. The van der Waals surface area contributed by atoms with Gasteiger partial charge in [0.2, 0.25) is 5.91 Å². The first-order chi connectivity index (χ1) is 17.3. The normalized spacial score (nSPS) is 15.3. The number of anilines is 1. The van der Waals surface area contributed by atoms with Crippen molar-refractivity contribution in [1.82, 2.24) is 19.8 Å². The average Bonchev–Trinajstić information content (AvgIpc) is 2.81. The van der Waals surface area contributed by atoms with Gasteiger partial charge in [0.05, 0.1) is 11.8 Å². The van der Waals surface area contributed by atoms with Crippen molar-refractivity contribution < 1.29 is 14.7 Å². The standard InChI is InChI=1S/C17H21ClN4O2.C10H19NO2/c1-17(2,3)21-14(23)10-22-15(11-6-5-7-12(18)8-11)20-9-13(19-4)16(22)24;1-10(13)4-7-11(8-5-10)6-2-3-9-12/h5-9,19H,10H2,1-4H3,(H,21,23);9,13H,2-8H2,1H3. The van der Waals surface area contributed by atoms with Gasteiger partial charge in [-0.05, 0) is 65.6 Å². The molecule has 37 heavy (non-hydrogen) atoms. The predicted molar refractivity (Wildman–Crippen MR) is 148 cm³/mol. The number of carbonyl (C=O) groups excluding carboxylic acids is 2. The van der Waals surface area contributed by atoms with E-state index >= 15 is 0 Å². The van der Waals surface area contributed by atoms with Crippen LogP contribution in [-0.4, -0.2) is 69.6 Å². The first kappa shape index (κ1) is 30.5. The minimum Gasteiger partial charge on any atom is -0.390 e. The molecule has 1 aliphatic rings. The average molecular weight is 534 g/mol. The van der Waals surface area contributed by atoms with Crippen molar-refractivity contribution >= 4 is 29.5 Å². The molecule has 1 aromatic carbocycles. The lowest BCUT2D eigenvalue weighted by Crippen LogP contribution is -2.44. The summed E-state index contributed by atoms with van der Waals surface area (Å²) >= 11 is 6.03. The number of piperidine rings is 1. The zero-order chi connectivity index (χ0) is 27.6. The van der Waals surface area contributed by atoms with Crippen molar-refractivity contribution in [2.75, 3.05) is 32.0 Å². The quantitative estimate of drug-likeness (QED) is 0.352. The summed E-state index contributed by atoms with van der Waals surface area (Å²) in [6, 6.07) is 7.02. The van der Waals surface area contributed by atoms with E-state index in [1.807, 2.05) is 27.7 Å². The highest BCUT2D eigenvalue weighted by atomic mass is 35.5. The number of hydrogen-bond acceptors (Lipinski definition) is 7. The summed E-state index contributed by atoms with van der Waals surface area (Å²) in [6.07, 6.45) is 5.75. The van der Waals surface area contributed by atoms with Gasteiger partial charge in [0.25, 0.3) is 5.56 Å². The number of carbonyl (C=O) groups is 2. The van der Waals surface area contributed by atoms with Crippen LogP contribution in [0.2, 0.25) is 5.02 Å². The molecule has 0 saturated carbocycles. The van der Waals surface area contributed by atoms with Crippen LogP contribution in [0.5, 0.6) is 0 Å². The summed E-state index contributed by atoms with van der Waals surface area (Å²) in [5.74, 6) is 0.133. The van der Waals surface area contributed by atoms with Crippen LogP contribution in [0.1, 0.15) is 53.4 Å². The molecule has 0 aliphatic carbocycles. The van der Waals surface area contributed by atoms with Gasteiger partial charge in [-0.25, -0.2) is 4.98 Å². The SMILES string of the molecule is CC1(O)CCN(CCCC=O)CC1.CNc1cnc(-c2cccc(Cl)c2)n(CC(=O)NC(C)(C)C)c1=O. The molecule has 1 fully saturated rings. The Labute approximate surface area is 224 Å². The Hall–Kier alpha value is -2.75. The zero-order valence-corrected chi connectivity index (χ0v) is 23.3. The monoisotopic (exact) mass is 533 g/mol. The van der Waals surface area contributed by atoms with Gasteiger partial charge in [0, 0.05) is 42.7 Å². The highest BCUT2D eigenvalue weighted by molar-refractivity contribution is 6.30. The summed E-state index contributed by atoms with van der Waals surface area (Å²) < 4.78 is 1.35. The van der Waals surface area contributed by atoms with E-state index in [-0.39, 0.29) is 23.6 Å². The fraction of sp³-hybridized carbons (Fsp3) is 0.556. The van der Waals surface area contributed by atoms with Gasteiger partial charge < -0.3 is 25.4 Å². The van der Waals surface area contributed by atoms with Gasteiger partial charge in [-0.15, -0.1) is 0 Å². The van der Waals surface area contributed by atoms with Crippen LogP contribution in [0.25, 0.3) is 11.4 Å². The van der Waals surface area contributed by atoms with Crippen molar-refractivity contribution in [2.45, 2.75) is 71.1 Å². The summed E-state index contributed by atoms with van der Waals surface area (Å²) in [6.45, 7) is 10.3. The maximum atomic E-state index is 12.6. The second-order valence-electron chi connectivity index (χ2n) is 10.6. The van der Waals surface area contributed by atoms with Crippen LogP contribution in [0.4, 0.5) is 5.69 Å². The number of nitrogens with zero attached hydrogens (tertiary/aromatic N) is 3. The lowest BCUT2D eigenvalue weighted by atomic mass is 9.94. The number of aromatic nitrogens is 2. The van der Waals surface area contributed by atoms with E-state index < -0.39 is 5.60 Å². The second-order valence-corrected chi connectivity index (χ2v) is 11.0. The molecule has 0 radical (unpaired) electrons. The van der Waals surface area contributed by atoms with Crippen LogP contribution in [0.15, 0.2) is 35.3 Å². The van der Waals surface area contributed by atoms with Gasteiger partial charge in [0.15, 0.2) is 0 Å². The minimum atomic E-state index is -0.457. The van der Waals surface area contributed by atoms with Crippen LogP contribution in [0, 0.1) is 0 Å². The molecule has 3 N–H and O–H groups in total. The van der Waals surface area contributed by atoms with Crippen molar-refractivity contribution in [3.8, 4) is 11.4 Å². The first-order valence-electron chi connectivity index (χ1n) is 12.6. The molecule has 0 bridgehead atoms. The lowest BCUT2D eigenvalue weighted by Gasteiger charge is -2.35. The number of likely N-dealkylation sites (tertiary alicyclic amines) is 1. The Morgan fingerprint density at radius 3 is 2.51 bits per heavy atom. The number of aldehydes is 1. The summed E-state index contributed by atoms with van der Waals surface area (Å²) in [7, 11) is 1.64. The minimum absolute atomic E-state index is 0.125. The van der Waals surface area contributed by atoms with Gasteiger partial charge in [-0.3, -0.25) is 14.2 Å². The Morgan fingerprint density at radius 2 is 1.95 bits per heavy atom. The molecule has 1 aliphatic heterocycles. The van der Waals surface area contributed by atoms with Gasteiger partial charge in [0.1, 0.15) is 24.3 Å². The smallest absolute Gasteiger partial charge is 0.277 e. The third-order valence-corrected chi connectivity index (χ3v) is 6.18. The van der Waals surface area contributed by atoms with Crippen LogP contribution < -0.4 is 16.2 Å². The van der Waals surface area contributed by atoms with Gasteiger partial charge >= 0.3 is 0 Å². The maximum Gasteiger partial charge on any atom is 0.277 e. The first-order valence-corrected chi connectivity index (χ1v) is 13.0. The maximum absolute atomic E-state index is 12.6. The Kier molecular flexibility index (Phi) is 11.3. The van der Waals surface area contributed by atoms with E-state index in [1.165, 1.54) is 10.8 Å². The molecular weight excluding hydrogens is 494 g/mol. The van der Waals surface area contributed by atoms with Crippen molar-refractivity contribution in [3.63, 3.8) is 0 Å². The van der Waals surface area contributed by atoms with Gasteiger partial charge in [-0.2, -0.15) is 0 Å². The van der Waals surface area contributed by atoms with Crippen LogP contribution in [0.3, 0.4) is 0 Å². The number of amides is 1. The molecule has 9 nitrogen and oxygen atoms in total. The molecule has 2 aromatic rings. The van der Waals surface area contributed by atoms with Crippen molar-refractivity contribution in [3.05, 3.63) is 45.8 Å². The zero-order valence-electron chi connectivity index (χ0n) is 22.5. The Balaban J connectivity index is 0.000000312. The molecule has 1 saturated heterocycles. The molecule has 1 aromatic heterocycles. The molecule has 204 valence electrons. The second kappa shape index (κ2) is 13.7. The molecule has 0 atom stereocenters. The number of hydrogen-bond donors (Lipinski definition) is 3. The number of benzene rings is 1. The van der Waals surface area contributed by atoms with E-state index in [0.717, 1.165) is 45.2 Å². The number of aliphatic hydroxyl groups is 1. The highest BCUT2D eigenvalue weighted by Crippen LogP contribution is 2.22. The van der Waals surface area contributed by atoms with E-state index in [2.05, 4.69) is 20.5 Å². The van der Waals surface area contributed by atoms with E-state index in [9.17, 15) is 19.5 Å². The summed E-state index contributed by atoms with van der Waals surface area (Å²) in [5, 5.41) is 15.9. The topological polar surface area (TPSA) is 117 Å². The number of rotatable bonds is 8. The third-order valence-electron chi connectivity index (χ3n) is 5.94. The van der Waals surface area contributed by atoms with Crippen LogP contribution in [-0.2, 0) is 16.1 Å². The van der Waals surface area contributed by atoms with Crippen LogP contribution >= 0.6 is 11.6 Å². The highest BCUT2D eigenvalue weighted by Gasteiger charge is 2.26. The summed E-state index contributed by atoms with van der Waals surface area (Å²) in [4.78, 5) is 41.7. The Morgan fingerprint density at radius 1 is 1.27 bits per heavy atom. The van der Waals surface area contributed by atoms with Crippen molar-refractivity contribution in [2.24, 2.45) is 0 Å².